The van der Waals surface area contributed by atoms with Gasteiger partial charge in [0.05, 0.1) is 0 Å². The van der Waals surface area contributed by atoms with Gasteiger partial charge in [-0.1, -0.05) is 0 Å². The molecule has 0 aromatic carbocycles. The third-order valence-corrected chi connectivity index (χ3v) is 170. The van der Waals surface area contributed by atoms with Gasteiger partial charge in [-0.15, -0.1) is 0 Å². The smallest absolute Gasteiger partial charge is 0.374 e. The molecule has 0 N–H and O–H groups in total. The topological polar surface area (TPSA) is 471 Å². The summed E-state index contributed by atoms with van der Waals surface area (Å²) in [5.74, 6) is 0. The maximum absolute atomic E-state index is 6.78. The maximum Gasteiger partial charge on any atom is 0.475 e. The molecule has 19 saturated heterocycles. The lowest BCUT2D eigenvalue weighted by molar-refractivity contribution is -0.0231. The average molecular weight is 2280 g/mol. The standard InChI is InChI=1S/2C12H36O18Si12.C10H30O15Si10/c1-31-13-39(9)16-34(4)23-37(7)19-40(10,29-39)14-32(2,21-31)26-36(6)18-41(11)15-33(3,25-31)22-35(5,27-34)17-42(12,30-41)20-38(8,24-36)28-37;1-31-13-32(2)21-35(5)14-33(3,19-31)23-37(7)16-39(9,25-35)29-42(12)18-41(11,27-37)28-38(8)17-40(10,30-42)26-36(6,22-32)15-34(4,20-31)24-38;1-26-11-27(2)18-30(5)12-28(3,16-26)20-32(7)14-34(9,22-30)25-35(10)15-33(8,24-32)21-29(4,17-26)13-31(6,19-27)23-35/h2*1-12H3;1-10H3. The quantitative estimate of drug-likeness (QED) is 0.314. The predicted molar refractivity (Wildman–Crippen MR) is 450 cm³/mol. The molecule has 0 amide bonds. The fourth-order valence-electron chi connectivity index (χ4n) is 19.3. The Kier molecular flexibility index (Phi) is 21.7. The Balaban J connectivity index is 0.000000123. The van der Waals surface area contributed by atoms with Crippen LogP contribution in [-0.2, 0) is 210 Å². The van der Waals surface area contributed by atoms with Crippen molar-refractivity contribution in [3.8, 4) is 0 Å². The van der Waals surface area contributed by atoms with E-state index < -0.39 is 299 Å². The van der Waals surface area contributed by atoms with Crippen molar-refractivity contribution in [3.05, 3.63) is 0 Å². The van der Waals surface area contributed by atoms with Crippen LogP contribution in [0.5, 0.6) is 0 Å². The van der Waals surface area contributed by atoms with E-state index in [2.05, 4.69) is 0 Å². The van der Waals surface area contributed by atoms with E-state index in [1.165, 1.54) is 0 Å². The van der Waals surface area contributed by atoms with E-state index in [1.807, 2.05) is 0 Å². The number of hydrogen-bond acceptors (Lipinski definition) is 51. The molecular weight excluding hydrogens is 2180 g/mol. The van der Waals surface area contributed by atoms with E-state index >= 15 is 0 Å². The molecule has 0 radical (unpaired) electrons. The third-order valence-electron chi connectivity index (χ3n) is 18.9. The zero-order chi connectivity index (χ0) is 87.1. The summed E-state index contributed by atoms with van der Waals surface area (Å²) >= 11 is 0. The highest BCUT2D eigenvalue weighted by molar-refractivity contribution is 7.08. The molecule has 34 bridgehead atoms. The Hall–Kier alpha value is 5.33. The molecule has 19 fully saturated rings. The van der Waals surface area contributed by atoms with E-state index in [9.17, 15) is 0 Å². The van der Waals surface area contributed by atoms with Crippen LogP contribution in [0, 0.1) is 0 Å². The minimum Gasteiger partial charge on any atom is -0.374 e. The lowest BCUT2D eigenvalue weighted by Crippen LogP contribution is -2.86. The molecule has 0 spiro atoms. The number of fused-ring (bicyclic) bond motifs is 22. The fraction of sp³-hybridized carbons (Fsp3) is 1.00. The molecule has 51 nitrogen and oxygen atoms in total. The molecule has 0 saturated carbocycles. The van der Waals surface area contributed by atoms with Crippen LogP contribution in [0.15, 0.2) is 0 Å². The molecule has 0 unspecified atom stereocenters. The van der Waals surface area contributed by atoms with Gasteiger partial charge in [-0.05, 0) is 0 Å². The second-order valence-electron chi connectivity index (χ2n) is 34.5. The van der Waals surface area contributed by atoms with Gasteiger partial charge in [-0.3, -0.25) is 0 Å². The zero-order valence-electron chi connectivity index (χ0n) is 71.8. The Morgan fingerprint density at radius 1 is 0.0504 bits per heavy atom. The first kappa shape index (κ1) is 94.7. The lowest BCUT2D eigenvalue weighted by atomic mass is 11.9. The fourth-order valence-corrected chi connectivity index (χ4v) is 212. The van der Waals surface area contributed by atoms with Gasteiger partial charge in [0.15, 0.2) is 0 Å². The predicted octanol–water partition coefficient (Wildman–Crippen LogP) is 3.41. The van der Waals surface area contributed by atoms with Crippen LogP contribution in [-0.4, -0.2) is 299 Å². The summed E-state index contributed by atoms with van der Waals surface area (Å²) in [5.41, 5.74) is 0. The van der Waals surface area contributed by atoms with Crippen LogP contribution in [0.25, 0.3) is 0 Å². The molecule has 19 rings (SSSR count). The van der Waals surface area contributed by atoms with E-state index in [4.69, 9.17) is 210 Å². The normalized spacial score (nSPS) is 66.0. The van der Waals surface area contributed by atoms with E-state index in [-0.39, 0.29) is 0 Å². The second kappa shape index (κ2) is 27.2. The molecule has 0 aliphatic carbocycles. The minimum absolute atomic E-state index is 1.69. The first-order valence-electron chi connectivity index (χ1n) is 37.8. The van der Waals surface area contributed by atoms with Gasteiger partial charge < -0.3 is 210 Å². The van der Waals surface area contributed by atoms with Gasteiger partial charge in [-0.25, -0.2) is 0 Å². The van der Waals surface area contributed by atoms with Crippen molar-refractivity contribution >= 4 is 299 Å². The maximum atomic E-state index is 6.78. The number of rotatable bonds is 0. The van der Waals surface area contributed by atoms with E-state index in [0.29, 0.717) is 0 Å². The molecular formula is C34H102O51Si34. The van der Waals surface area contributed by atoms with Gasteiger partial charge in [0.25, 0.3) is 0 Å². The molecule has 680 valence electrons. The first-order valence-corrected chi connectivity index (χ1v) is 113. The summed E-state index contributed by atoms with van der Waals surface area (Å²) in [5, 5.41) is 0. The Morgan fingerprint density at radius 3 is 0.0840 bits per heavy atom. The third kappa shape index (κ3) is 18.7. The summed E-state index contributed by atoms with van der Waals surface area (Å²) < 4.78 is 341. The SMILES string of the molecule is C[Si]12O[Si]3(C)O[Si]4(C)O[Si](C)(O1)O[Si]1(C)O[Si](C)(O4)O[Si]4(C)O[Si](C)(O1)O[Si]1(C)O[Si](C)(O[Si](C)(O[Si](C)(O2)O1)O3)O4.C[Si]12O[Si]3(C)O[Si]4(C)O[Si](C)(O1)O[Si]1(C)O[Si](C)(O4)O[Si]4(C)O[Si](C)(O[Si](C)(O[Si](C)(O3)O4)O2)O1.C[Si]12O[Si]3(C)O[Si]4(C)O[Si](C)(O1)O[Si]1(C)O[Si]5(C)O[Si]6(C)O[Si](C)(O1)O[Si](C)(O2)O[Si](C)(O3)O[Si](C)(O6)O[Si](C)(O5)O4. The summed E-state index contributed by atoms with van der Waals surface area (Å²) in [6.07, 6.45) is 0. The molecule has 0 atom stereocenters. The second-order valence-corrected chi connectivity index (χ2v) is 135. The lowest BCUT2D eigenvalue weighted by Gasteiger charge is -2.60. The first-order chi connectivity index (χ1) is 53.1. The molecule has 19 aliphatic rings. The van der Waals surface area contributed by atoms with Crippen LogP contribution in [0.3, 0.4) is 0 Å². The average Bonchev–Trinajstić information content (AvgIpc) is 0.708. The van der Waals surface area contributed by atoms with E-state index in [0.717, 1.165) is 0 Å². The summed E-state index contributed by atoms with van der Waals surface area (Å²) in [7, 11) is -129. The van der Waals surface area contributed by atoms with Gasteiger partial charge >= 0.3 is 299 Å². The van der Waals surface area contributed by atoms with Crippen molar-refractivity contribution in [1.29, 1.82) is 0 Å². The van der Waals surface area contributed by atoms with Crippen molar-refractivity contribution in [2.75, 3.05) is 0 Å². The van der Waals surface area contributed by atoms with Gasteiger partial charge in [0.1, 0.15) is 0 Å². The summed E-state index contributed by atoms with van der Waals surface area (Å²) in [6, 6.07) is 0. The summed E-state index contributed by atoms with van der Waals surface area (Å²) in [4.78, 5) is 0. The molecule has 119 heavy (non-hydrogen) atoms. The molecule has 19 aliphatic heterocycles. The monoisotopic (exact) mass is 2280 g/mol. The van der Waals surface area contributed by atoms with Crippen LogP contribution in [0.1, 0.15) is 0 Å². The molecule has 0 aromatic rings. The van der Waals surface area contributed by atoms with Gasteiger partial charge in [0, 0.05) is 223 Å². The van der Waals surface area contributed by atoms with Crippen molar-refractivity contribution in [1.82, 2.24) is 0 Å². The van der Waals surface area contributed by atoms with Crippen molar-refractivity contribution < 1.29 is 210 Å². The van der Waals surface area contributed by atoms with Crippen LogP contribution >= 0.6 is 0 Å². The minimum atomic E-state index is -3.91. The van der Waals surface area contributed by atoms with Gasteiger partial charge in [0.2, 0.25) is 0 Å². The van der Waals surface area contributed by atoms with Crippen LogP contribution in [0.4, 0.5) is 0 Å². The van der Waals surface area contributed by atoms with Crippen molar-refractivity contribution in [3.63, 3.8) is 0 Å². The Morgan fingerprint density at radius 2 is 0.0672 bits per heavy atom. The molecule has 85 heteroatoms. The van der Waals surface area contributed by atoms with Crippen LogP contribution in [0.2, 0.25) is 223 Å². The highest BCUT2D eigenvalue weighted by atomic mass is 28.7. The Bertz CT molecular complexity index is 3360. The highest BCUT2D eigenvalue weighted by Gasteiger charge is 2.86. The zero-order valence-corrected chi connectivity index (χ0v) is 106. The van der Waals surface area contributed by atoms with Gasteiger partial charge in [-0.2, -0.15) is 0 Å². The highest BCUT2D eigenvalue weighted by Crippen LogP contribution is 2.56. The largest absolute Gasteiger partial charge is 0.475 e. The van der Waals surface area contributed by atoms with Crippen molar-refractivity contribution in [2.24, 2.45) is 0 Å². The molecule has 0 aromatic heterocycles. The van der Waals surface area contributed by atoms with Crippen molar-refractivity contribution in [2.45, 2.75) is 223 Å². The number of hydrogen-bond donors (Lipinski definition) is 0. The van der Waals surface area contributed by atoms with E-state index in [1.54, 1.807) is 223 Å². The summed E-state index contributed by atoms with van der Waals surface area (Å²) in [6.45, 7) is 58.0. The van der Waals surface area contributed by atoms with Crippen LogP contribution < -0.4 is 0 Å². The molecule has 19 heterocycles. The Labute approximate surface area is 725 Å².